The number of halogens is 1. The molecule has 2 rings (SSSR count). The van der Waals surface area contributed by atoms with Crippen molar-refractivity contribution in [3.05, 3.63) is 21.3 Å². The zero-order valence-electron chi connectivity index (χ0n) is 11.3. The molecule has 0 saturated carbocycles. The molecule has 0 bridgehead atoms. The maximum Gasteiger partial charge on any atom is 0.318 e. The Bertz CT molecular complexity index is 492. The van der Waals surface area contributed by atoms with Crippen molar-refractivity contribution < 1.29 is 9.59 Å². The molecule has 1 saturated heterocycles. The van der Waals surface area contributed by atoms with Crippen LogP contribution in [0.15, 0.2) is 12.1 Å². The first-order valence-corrected chi connectivity index (χ1v) is 7.79. The number of urea groups is 1. The topological polar surface area (TPSA) is 61.4 Å². The van der Waals surface area contributed by atoms with E-state index in [2.05, 4.69) is 10.6 Å². The third kappa shape index (κ3) is 4.11. The van der Waals surface area contributed by atoms with Gasteiger partial charge in [0.15, 0.2) is 0 Å². The molecule has 3 amide bonds. The number of amides is 3. The highest BCUT2D eigenvalue weighted by molar-refractivity contribution is 7.16. The van der Waals surface area contributed by atoms with Gasteiger partial charge in [0.2, 0.25) is 5.91 Å². The summed E-state index contributed by atoms with van der Waals surface area (Å²) in [7, 11) is 1.71. The summed E-state index contributed by atoms with van der Waals surface area (Å²) in [6.07, 6.45) is 2.59. The Kier molecular flexibility index (Phi) is 5.25. The number of nitrogens with one attached hydrogen (secondary N) is 2. The van der Waals surface area contributed by atoms with Gasteiger partial charge < -0.3 is 15.5 Å². The summed E-state index contributed by atoms with van der Waals surface area (Å²) in [5, 5.41) is 5.59. The van der Waals surface area contributed by atoms with E-state index in [0.29, 0.717) is 23.8 Å². The van der Waals surface area contributed by atoms with Crippen LogP contribution in [-0.4, -0.2) is 36.5 Å². The Morgan fingerprint density at radius 2 is 2.35 bits per heavy atom. The van der Waals surface area contributed by atoms with E-state index in [9.17, 15) is 9.59 Å². The summed E-state index contributed by atoms with van der Waals surface area (Å²) in [4.78, 5) is 26.4. The zero-order chi connectivity index (χ0) is 14.5. The molecule has 1 aromatic heterocycles. The van der Waals surface area contributed by atoms with Gasteiger partial charge in [0, 0.05) is 18.5 Å². The number of thiophene rings is 1. The van der Waals surface area contributed by atoms with Gasteiger partial charge in [-0.3, -0.25) is 4.79 Å². The van der Waals surface area contributed by atoms with Gasteiger partial charge in [-0.1, -0.05) is 11.6 Å². The van der Waals surface area contributed by atoms with E-state index >= 15 is 0 Å². The van der Waals surface area contributed by atoms with Crippen LogP contribution in [-0.2, 0) is 11.3 Å². The summed E-state index contributed by atoms with van der Waals surface area (Å²) >= 11 is 7.31. The lowest BCUT2D eigenvalue weighted by Gasteiger charge is -2.21. The minimum Gasteiger partial charge on any atom is -0.354 e. The van der Waals surface area contributed by atoms with Crippen LogP contribution in [0, 0.1) is 0 Å². The monoisotopic (exact) mass is 315 g/mol. The molecule has 2 heterocycles. The molecule has 20 heavy (non-hydrogen) atoms. The third-order valence-electron chi connectivity index (χ3n) is 3.20. The second kappa shape index (κ2) is 6.95. The number of rotatable bonds is 3. The molecule has 0 radical (unpaired) electrons. The molecule has 1 aliphatic rings. The van der Waals surface area contributed by atoms with Crippen molar-refractivity contribution in [2.45, 2.75) is 31.8 Å². The van der Waals surface area contributed by atoms with Gasteiger partial charge in [0.25, 0.3) is 0 Å². The molecule has 2 N–H and O–H groups in total. The average molecular weight is 316 g/mol. The van der Waals surface area contributed by atoms with Crippen LogP contribution < -0.4 is 10.6 Å². The first-order valence-electron chi connectivity index (χ1n) is 6.60. The lowest BCUT2D eigenvalue weighted by molar-refractivity contribution is -0.122. The molecule has 5 nitrogen and oxygen atoms in total. The van der Waals surface area contributed by atoms with Crippen LogP contribution >= 0.6 is 22.9 Å². The molecule has 0 aliphatic carbocycles. The van der Waals surface area contributed by atoms with Gasteiger partial charge in [-0.2, -0.15) is 0 Å². The fraction of sp³-hybridized carbons (Fsp3) is 0.538. The number of hydrogen-bond donors (Lipinski definition) is 2. The molecule has 1 fully saturated rings. The lowest BCUT2D eigenvalue weighted by Crippen LogP contribution is -2.49. The first-order chi connectivity index (χ1) is 9.56. The summed E-state index contributed by atoms with van der Waals surface area (Å²) in [5.74, 6) is -0.0941. The molecular weight excluding hydrogens is 298 g/mol. The Morgan fingerprint density at radius 3 is 3.05 bits per heavy atom. The van der Waals surface area contributed by atoms with E-state index in [-0.39, 0.29) is 11.9 Å². The summed E-state index contributed by atoms with van der Waals surface area (Å²) < 4.78 is 0.706. The number of nitrogens with zero attached hydrogens (tertiary/aromatic N) is 1. The highest BCUT2D eigenvalue weighted by Gasteiger charge is 2.23. The highest BCUT2D eigenvalue weighted by Crippen LogP contribution is 2.22. The number of carbonyl (C=O) groups excluding carboxylic acids is 2. The largest absolute Gasteiger partial charge is 0.354 e. The van der Waals surface area contributed by atoms with E-state index in [0.717, 1.165) is 17.7 Å². The van der Waals surface area contributed by atoms with Crippen LogP contribution in [0.5, 0.6) is 0 Å². The van der Waals surface area contributed by atoms with Crippen molar-refractivity contribution in [1.82, 2.24) is 15.5 Å². The van der Waals surface area contributed by atoms with Crippen LogP contribution in [0.3, 0.4) is 0 Å². The van der Waals surface area contributed by atoms with Gasteiger partial charge in [0.1, 0.15) is 6.04 Å². The molecule has 0 spiro atoms. The predicted octanol–water partition coefficient (Wildman–Crippen LogP) is 2.21. The maximum absolute atomic E-state index is 12.1. The quantitative estimate of drug-likeness (QED) is 0.898. The molecule has 1 atom stereocenters. The van der Waals surface area contributed by atoms with Crippen LogP contribution in [0.25, 0.3) is 0 Å². The van der Waals surface area contributed by atoms with E-state index in [1.54, 1.807) is 11.9 Å². The average Bonchev–Trinajstić information content (AvgIpc) is 2.70. The SMILES string of the molecule is CN(Cc1ccc(Cl)s1)C(=O)N[C@@H]1CCCCNC1=O. The Morgan fingerprint density at radius 1 is 1.55 bits per heavy atom. The van der Waals surface area contributed by atoms with Crippen molar-refractivity contribution in [3.63, 3.8) is 0 Å². The van der Waals surface area contributed by atoms with Crippen molar-refractivity contribution in [1.29, 1.82) is 0 Å². The Labute approximate surface area is 127 Å². The third-order valence-corrected chi connectivity index (χ3v) is 4.42. The maximum atomic E-state index is 12.1. The molecule has 7 heteroatoms. The standard InChI is InChI=1S/C13H18ClN3O2S/c1-17(8-9-5-6-11(14)20-9)13(19)16-10-4-2-3-7-15-12(10)18/h5-6,10H,2-4,7-8H2,1H3,(H,15,18)(H,16,19)/t10-/m1/s1. The second-order valence-electron chi connectivity index (χ2n) is 4.85. The number of hydrogen-bond acceptors (Lipinski definition) is 3. The predicted molar refractivity (Wildman–Crippen MR) is 80.0 cm³/mol. The van der Waals surface area contributed by atoms with Crippen molar-refractivity contribution in [2.75, 3.05) is 13.6 Å². The molecular formula is C13H18ClN3O2S. The van der Waals surface area contributed by atoms with E-state index < -0.39 is 6.04 Å². The van der Waals surface area contributed by atoms with E-state index in [1.165, 1.54) is 11.3 Å². The van der Waals surface area contributed by atoms with Crippen molar-refractivity contribution in [2.24, 2.45) is 0 Å². The number of carbonyl (C=O) groups is 2. The van der Waals surface area contributed by atoms with Gasteiger partial charge >= 0.3 is 6.03 Å². The normalized spacial score (nSPS) is 19.1. The van der Waals surface area contributed by atoms with Gasteiger partial charge in [-0.05, 0) is 31.4 Å². The van der Waals surface area contributed by atoms with Gasteiger partial charge in [0.05, 0.1) is 10.9 Å². The molecule has 1 aliphatic heterocycles. The van der Waals surface area contributed by atoms with E-state index in [1.807, 2.05) is 12.1 Å². The van der Waals surface area contributed by atoms with Crippen molar-refractivity contribution >= 4 is 34.9 Å². The van der Waals surface area contributed by atoms with Gasteiger partial charge in [-0.15, -0.1) is 11.3 Å². The summed E-state index contributed by atoms with van der Waals surface area (Å²) in [5.41, 5.74) is 0. The molecule has 0 unspecified atom stereocenters. The van der Waals surface area contributed by atoms with Crippen LogP contribution in [0.4, 0.5) is 4.79 Å². The zero-order valence-corrected chi connectivity index (χ0v) is 12.9. The minimum absolute atomic E-state index is 0.0941. The molecule has 0 aromatic carbocycles. The fourth-order valence-corrected chi connectivity index (χ4v) is 3.22. The second-order valence-corrected chi connectivity index (χ2v) is 6.65. The highest BCUT2D eigenvalue weighted by atomic mass is 35.5. The lowest BCUT2D eigenvalue weighted by atomic mass is 10.1. The van der Waals surface area contributed by atoms with Gasteiger partial charge in [-0.25, -0.2) is 4.79 Å². The smallest absolute Gasteiger partial charge is 0.318 e. The minimum atomic E-state index is -0.431. The van der Waals surface area contributed by atoms with E-state index in [4.69, 9.17) is 11.6 Å². The fourth-order valence-electron chi connectivity index (χ4n) is 2.08. The van der Waals surface area contributed by atoms with Crippen LogP contribution in [0.1, 0.15) is 24.1 Å². The summed E-state index contributed by atoms with van der Waals surface area (Å²) in [6.45, 7) is 1.17. The Hall–Kier alpha value is -1.27. The molecule has 110 valence electrons. The Balaban J connectivity index is 1.88. The first kappa shape index (κ1) is 15.1. The summed E-state index contributed by atoms with van der Waals surface area (Å²) in [6, 6.07) is 3.04. The van der Waals surface area contributed by atoms with Crippen LogP contribution in [0.2, 0.25) is 4.34 Å². The molecule has 1 aromatic rings. The van der Waals surface area contributed by atoms with Crippen molar-refractivity contribution in [3.8, 4) is 0 Å².